The average molecular weight is 284 g/mol. The molecule has 0 saturated carbocycles. The molecule has 0 saturated heterocycles. The minimum Gasteiger partial charge on any atom is -0.388 e. The van der Waals surface area contributed by atoms with Crippen LogP contribution in [-0.4, -0.2) is 19.3 Å². The normalized spacial score (nSPS) is 10.9. The third-order valence-electron chi connectivity index (χ3n) is 2.86. The highest BCUT2D eigenvalue weighted by molar-refractivity contribution is 6.31. The fourth-order valence-corrected chi connectivity index (χ4v) is 2.14. The summed E-state index contributed by atoms with van der Waals surface area (Å²) in [5.74, 6) is 0. The van der Waals surface area contributed by atoms with Crippen molar-refractivity contribution in [2.24, 2.45) is 4.99 Å². The Morgan fingerprint density at radius 2 is 2.00 bits per heavy atom. The molecule has 0 aliphatic heterocycles. The first-order valence-electron chi connectivity index (χ1n) is 6.20. The van der Waals surface area contributed by atoms with Crippen LogP contribution >= 0.6 is 11.6 Å². The van der Waals surface area contributed by atoms with Crippen molar-refractivity contribution < 1.29 is 0 Å². The van der Waals surface area contributed by atoms with Crippen LogP contribution in [0.25, 0.3) is 0 Å². The molecule has 0 aliphatic rings. The second kappa shape index (κ2) is 6.74. The Bertz CT molecular complexity index is 657. The van der Waals surface area contributed by atoms with Gasteiger partial charge in [-0.2, -0.15) is 5.26 Å². The lowest BCUT2D eigenvalue weighted by Gasteiger charge is -2.12. The molecule has 0 spiro atoms. The summed E-state index contributed by atoms with van der Waals surface area (Å²) in [7, 11) is 1.85. The van der Waals surface area contributed by atoms with E-state index in [2.05, 4.69) is 10.3 Å². The number of benzene rings is 2. The number of anilines is 1. The van der Waals surface area contributed by atoms with Crippen molar-refractivity contribution in [3.05, 3.63) is 64.7 Å². The molecule has 0 unspecified atom stereocenters. The molecule has 0 amide bonds. The van der Waals surface area contributed by atoms with Gasteiger partial charge in [0.05, 0.1) is 11.8 Å². The molecule has 4 heteroatoms. The molecule has 2 aromatic rings. The standard InChI is InChI=1S/C16H14ClN3/c1-19-15-8-7-13(17)11-14(15)16(20-10-9-18)12-5-3-2-4-6-12/h2-8,11,19H,10H2,1H3. The van der Waals surface area contributed by atoms with Gasteiger partial charge in [0.15, 0.2) is 0 Å². The lowest BCUT2D eigenvalue weighted by atomic mass is 10.0. The fourth-order valence-electron chi connectivity index (χ4n) is 1.97. The van der Waals surface area contributed by atoms with Gasteiger partial charge in [0, 0.05) is 28.9 Å². The largest absolute Gasteiger partial charge is 0.388 e. The van der Waals surface area contributed by atoms with Crippen LogP contribution in [0, 0.1) is 11.3 Å². The van der Waals surface area contributed by atoms with Gasteiger partial charge < -0.3 is 5.32 Å². The summed E-state index contributed by atoms with van der Waals surface area (Å²) in [5, 5.41) is 12.6. The highest BCUT2D eigenvalue weighted by Gasteiger charge is 2.11. The van der Waals surface area contributed by atoms with Crippen molar-refractivity contribution >= 4 is 23.0 Å². The lowest BCUT2D eigenvalue weighted by Crippen LogP contribution is -2.08. The van der Waals surface area contributed by atoms with Gasteiger partial charge in [-0.15, -0.1) is 0 Å². The van der Waals surface area contributed by atoms with Crippen LogP contribution in [0.5, 0.6) is 0 Å². The molecule has 1 N–H and O–H groups in total. The van der Waals surface area contributed by atoms with Crippen molar-refractivity contribution in [1.82, 2.24) is 0 Å². The van der Waals surface area contributed by atoms with E-state index in [4.69, 9.17) is 16.9 Å². The number of hydrogen-bond donors (Lipinski definition) is 1. The Kier molecular flexibility index (Phi) is 4.75. The van der Waals surface area contributed by atoms with E-state index in [0.717, 1.165) is 22.5 Å². The fraction of sp³-hybridized carbons (Fsp3) is 0.125. The number of rotatable bonds is 4. The summed E-state index contributed by atoms with van der Waals surface area (Å²) in [6, 6.07) is 17.4. The summed E-state index contributed by atoms with van der Waals surface area (Å²) in [6.07, 6.45) is 0. The predicted molar refractivity (Wildman–Crippen MR) is 83.6 cm³/mol. The van der Waals surface area contributed by atoms with Crippen LogP contribution in [0.4, 0.5) is 5.69 Å². The Morgan fingerprint density at radius 1 is 1.25 bits per heavy atom. The first-order valence-corrected chi connectivity index (χ1v) is 6.58. The molecule has 20 heavy (non-hydrogen) atoms. The van der Waals surface area contributed by atoms with Crippen molar-refractivity contribution in [2.75, 3.05) is 18.9 Å². The number of halogens is 1. The van der Waals surface area contributed by atoms with E-state index < -0.39 is 0 Å². The summed E-state index contributed by atoms with van der Waals surface area (Å²) in [6.45, 7) is 0.111. The third-order valence-corrected chi connectivity index (χ3v) is 3.10. The van der Waals surface area contributed by atoms with Gasteiger partial charge in [0.1, 0.15) is 6.54 Å². The third kappa shape index (κ3) is 3.17. The maximum Gasteiger partial charge on any atom is 0.126 e. The predicted octanol–water partition coefficient (Wildman–Crippen LogP) is 3.74. The van der Waals surface area contributed by atoms with E-state index in [1.54, 1.807) is 0 Å². The van der Waals surface area contributed by atoms with Crippen molar-refractivity contribution in [1.29, 1.82) is 5.26 Å². The molecule has 0 heterocycles. The number of nitrogens with one attached hydrogen (secondary N) is 1. The molecule has 100 valence electrons. The summed E-state index contributed by atoms with van der Waals surface area (Å²) < 4.78 is 0. The van der Waals surface area contributed by atoms with Crippen LogP contribution in [-0.2, 0) is 0 Å². The Morgan fingerprint density at radius 3 is 2.65 bits per heavy atom. The second-order valence-electron chi connectivity index (χ2n) is 4.13. The zero-order chi connectivity index (χ0) is 14.4. The van der Waals surface area contributed by atoms with Gasteiger partial charge in [-0.05, 0) is 18.2 Å². The van der Waals surface area contributed by atoms with Crippen molar-refractivity contribution in [3.63, 3.8) is 0 Å². The maximum absolute atomic E-state index is 8.79. The van der Waals surface area contributed by atoms with E-state index in [9.17, 15) is 0 Å². The second-order valence-corrected chi connectivity index (χ2v) is 4.57. The molecular weight excluding hydrogens is 270 g/mol. The van der Waals surface area contributed by atoms with Gasteiger partial charge in [-0.1, -0.05) is 41.9 Å². The molecule has 2 rings (SSSR count). The molecule has 2 aromatic carbocycles. The quantitative estimate of drug-likeness (QED) is 0.686. The first-order chi connectivity index (χ1) is 9.76. The maximum atomic E-state index is 8.79. The molecule has 0 aromatic heterocycles. The summed E-state index contributed by atoms with van der Waals surface area (Å²) in [4.78, 5) is 4.39. The molecule has 0 atom stereocenters. The molecule has 0 fully saturated rings. The van der Waals surface area contributed by atoms with Crippen molar-refractivity contribution in [3.8, 4) is 6.07 Å². The number of nitriles is 1. The van der Waals surface area contributed by atoms with E-state index in [1.165, 1.54) is 0 Å². The van der Waals surface area contributed by atoms with E-state index in [-0.39, 0.29) is 6.54 Å². The highest BCUT2D eigenvalue weighted by Crippen LogP contribution is 2.24. The number of nitrogens with zero attached hydrogens (tertiary/aromatic N) is 2. The SMILES string of the molecule is CNc1ccc(Cl)cc1C(=NCC#N)c1ccccc1. The zero-order valence-corrected chi connectivity index (χ0v) is 11.9. The van der Waals surface area contributed by atoms with Gasteiger partial charge >= 0.3 is 0 Å². The minimum atomic E-state index is 0.111. The summed E-state index contributed by atoms with van der Waals surface area (Å²) >= 11 is 6.09. The van der Waals surface area contributed by atoms with Gasteiger partial charge in [-0.25, -0.2) is 0 Å². The first kappa shape index (κ1) is 14.1. The average Bonchev–Trinajstić information content (AvgIpc) is 2.49. The number of hydrogen-bond acceptors (Lipinski definition) is 3. The Balaban J connectivity index is 2.59. The highest BCUT2D eigenvalue weighted by atomic mass is 35.5. The molecule has 0 aliphatic carbocycles. The molecule has 0 bridgehead atoms. The zero-order valence-electron chi connectivity index (χ0n) is 11.1. The molecule has 0 radical (unpaired) electrons. The van der Waals surface area contributed by atoms with E-state index in [0.29, 0.717) is 5.02 Å². The van der Waals surface area contributed by atoms with E-state index in [1.807, 2.05) is 61.6 Å². The van der Waals surface area contributed by atoms with Gasteiger partial charge in [0.2, 0.25) is 0 Å². The Hall–Kier alpha value is -2.31. The van der Waals surface area contributed by atoms with Gasteiger partial charge in [-0.3, -0.25) is 4.99 Å². The molecule has 3 nitrogen and oxygen atoms in total. The van der Waals surface area contributed by atoms with Crippen LogP contribution in [0.3, 0.4) is 0 Å². The van der Waals surface area contributed by atoms with Crippen molar-refractivity contribution in [2.45, 2.75) is 0 Å². The van der Waals surface area contributed by atoms with Crippen LogP contribution in [0.1, 0.15) is 11.1 Å². The topological polar surface area (TPSA) is 48.2 Å². The lowest BCUT2D eigenvalue weighted by molar-refractivity contribution is 1.23. The van der Waals surface area contributed by atoms with Crippen LogP contribution in [0.2, 0.25) is 5.02 Å². The van der Waals surface area contributed by atoms with Gasteiger partial charge in [0.25, 0.3) is 0 Å². The smallest absolute Gasteiger partial charge is 0.126 e. The van der Waals surface area contributed by atoms with Crippen LogP contribution < -0.4 is 5.32 Å². The Labute approximate surface area is 123 Å². The molecular formula is C16H14ClN3. The van der Waals surface area contributed by atoms with Crippen LogP contribution in [0.15, 0.2) is 53.5 Å². The number of aliphatic imine (C=N–C) groups is 1. The monoisotopic (exact) mass is 283 g/mol. The summed E-state index contributed by atoms with van der Waals surface area (Å²) in [5.41, 5.74) is 3.54. The minimum absolute atomic E-state index is 0.111. The van der Waals surface area contributed by atoms with E-state index >= 15 is 0 Å².